The Balaban J connectivity index is 2.51. The summed E-state index contributed by atoms with van der Waals surface area (Å²) in [5.74, 6) is -0.188. The second kappa shape index (κ2) is 5.16. The molecule has 0 N–H and O–H groups in total. The third kappa shape index (κ3) is 2.07. The molecule has 2 rings (SSSR count). The van der Waals surface area contributed by atoms with Crippen LogP contribution in [0.3, 0.4) is 0 Å². The van der Waals surface area contributed by atoms with Crippen molar-refractivity contribution in [3.05, 3.63) is 35.4 Å². The molecule has 1 atom stereocenters. The quantitative estimate of drug-likeness (QED) is 0.779. The Labute approximate surface area is 114 Å². The van der Waals surface area contributed by atoms with Crippen LogP contribution in [0.15, 0.2) is 24.3 Å². The second-order valence-electron chi connectivity index (χ2n) is 5.35. The van der Waals surface area contributed by atoms with E-state index in [4.69, 9.17) is 0 Å². The first kappa shape index (κ1) is 13.8. The van der Waals surface area contributed by atoms with Crippen LogP contribution in [0.4, 0.5) is 0 Å². The van der Waals surface area contributed by atoms with Gasteiger partial charge in [-0.05, 0) is 31.4 Å². The van der Waals surface area contributed by atoms with E-state index in [2.05, 4.69) is 6.92 Å². The van der Waals surface area contributed by atoms with E-state index in [0.717, 1.165) is 18.4 Å². The lowest BCUT2D eigenvalue weighted by atomic mass is 9.73. The van der Waals surface area contributed by atoms with E-state index in [1.165, 1.54) is 4.90 Å². The zero-order valence-electron chi connectivity index (χ0n) is 11.9. The molecule has 0 fully saturated rings. The van der Waals surface area contributed by atoms with Gasteiger partial charge >= 0.3 is 0 Å². The summed E-state index contributed by atoms with van der Waals surface area (Å²) >= 11 is 0. The number of imide groups is 1. The van der Waals surface area contributed by atoms with Crippen LogP contribution < -0.4 is 0 Å². The summed E-state index contributed by atoms with van der Waals surface area (Å²) in [6.07, 6.45) is 2.54. The number of fused-ring (bicyclic) bond motifs is 1. The van der Waals surface area contributed by atoms with Crippen LogP contribution in [-0.2, 0) is 10.2 Å². The van der Waals surface area contributed by atoms with Crippen LogP contribution in [0.25, 0.3) is 0 Å². The lowest BCUT2D eigenvalue weighted by molar-refractivity contribution is -0.135. The summed E-state index contributed by atoms with van der Waals surface area (Å²) < 4.78 is 0. The summed E-state index contributed by atoms with van der Waals surface area (Å²) in [6.45, 7) is 6.53. The predicted molar refractivity (Wildman–Crippen MR) is 75.0 cm³/mol. The van der Waals surface area contributed by atoms with Gasteiger partial charge in [0.1, 0.15) is 0 Å². The summed E-state index contributed by atoms with van der Waals surface area (Å²) in [5, 5.41) is 0. The van der Waals surface area contributed by atoms with Crippen LogP contribution in [-0.4, -0.2) is 23.3 Å². The molecule has 1 aromatic carbocycles. The number of amides is 2. The highest BCUT2D eigenvalue weighted by Gasteiger charge is 2.45. The van der Waals surface area contributed by atoms with Crippen LogP contribution in [0.1, 0.15) is 56.0 Å². The zero-order chi connectivity index (χ0) is 14.0. The Morgan fingerprint density at radius 1 is 1.16 bits per heavy atom. The van der Waals surface area contributed by atoms with Crippen molar-refractivity contribution in [2.45, 2.75) is 45.4 Å². The van der Waals surface area contributed by atoms with Gasteiger partial charge in [0, 0.05) is 12.1 Å². The van der Waals surface area contributed by atoms with E-state index < -0.39 is 5.41 Å². The highest BCUT2D eigenvalue weighted by molar-refractivity contribution is 6.13. The highest BCUT2D eigenvalue weighted by atomic mass is 16.2. The molecule has 1 aliphatic heterocycles. The maximum Gasteiger partial charge on any atom is 0.260 e. The van der Waals surface area contributed by atoms with Crippen molar-refractivity contribution in [1.82, 2.24) is 4.90 Å². The fraction of sp³-hybridized carbons (Fsp3) is 0.500. The first-order valence-electron chi connectivity index (χ1n) is 7.02. The van der Waals surface area contributed by atoms with Gasteiger partial charge in [-0.25, -0.2) is 0 Å². The summed E-state index contributed by atoms with van der Waals surface area (Å²) in [6, 6.07) is 7.50. The SMILES string of the molecule is CCCCN1C(=O)c2ccccc2C(C)(CC)C1=O. The van der Waals surface area contributed by atoms with Crippen molar-refractivity contribution in [3.63, 3.8) is 0 Å². The number of unbranched alkanes of at least 4 members (excludes halogenated alkanes) is 1. The molecule has 1 heterocycles. The summed E-state index contributed by atoms with van der Waals surface area (Å²) in [5.41, 5.74) is 0.987. The highest BCUT2D eigenvalue weighted by Crippen LogP contribution is 2.37. The van der Waals surface area contributed by atoms with Gasteiger partial charge in [0.15, 0.2) is 0 Å². The number of hydrogen-bond acceptors (Lipinski definition) is 2. The largest absolute Gasteiger partial charge is 0.278 e. The maximum atomic E-state index is 12.7. The van der Waals surface area contributed by atoms with Crippen LogP contribution in [0.2, 0.25) is 0 Å². The minimum Gasteiger partial charge on any atom is -0.278 e. The molecule has 0 spiro atoms. The number of hydrogen-bond donors (Lipinski definition) is 0. The van der Waals surface area contributed by atoms with Crippen molar-refractivity contribution < 1.29 is 9.59 Å². The van der Waals surface area contributed by atoms with E-state index in [1.807, 2.05) is 38.1 Å². The fourth-order valence-corrected chi connectivity index (χ4v) is 2.66. The van der Waals surface area contributed by atoms with Gasteiger partial charge in [-0.1, -0.05) is 38.5 Å². The molecule has 0 radical (unpaired) electrons. The Hall–Kier alpha value is -1.64. The molecule has 19 heavy (non-hydrogen) atoms. The van der Waals surface area contributed by atoms with E-state index in [9.17, 15) is 9.59 Å². The average molecular weight is 259 g/mol. The first-order chi connectivity index (χ1) is 9.06. The number of carbonyl (C=O) groups is 2. The van der Waals surface area contributed by atoms with E-state index in [-0.39, 0.29) is 11.8 Å². The van der Waals surface area contributed by atoms with Crippen LogP contribution in [0.5, 0.6) is 0 Å². The Morgan fingerprint density at radius 2 is 1.84 bits per heavy atom. The second-order valence-corrected chi connectivity index (χ2v) is 5.35. The standard InChI is InChI=1S/C16H21NO2/c1-4-6-11-17-14(18)12-9-7-8-10-13(12)16(3,5-2)15(17)19/h7-10H,4-6,11H2,1-3H3. The molecule has 3 nitrogen and oxygen atoms in total. The normalized spacial score (nSPS) is 22.6. The van der Waals surface area contributed by atoms with Crippen LogP contribution in [0, 0.1) is 0 Å². The maximum absolute atomic E-state index is 12.7. The van der Waals surface area contributed by atoms with Crippen molar-refractivity contribution in [1.29, 1.82) is 0 Å². The molecule has 0 aromatic heterocycles. The molecule has 0 saturated carbocycles. The zero-order valence-corrected chi connectivity index (χ0v) is 11.9. The molecular weight excluding hydrogens is 238 g/mol. The van der Waals surface area contributed by atoms with Crippen molar-refractivity contribution in [2.24, 2.45) is 0 Å². The van der Waals surface area contributed by atoms with Crippen molar-refractivity contribution in [2.75, 3.05) is 6.54 Å². The van der Waals surface area contributed by atoms with Gasteiger partial charge < -0.3 is 0 Å². The fourth-order valence-electron chi connectivity index (χ4n) is 2.66. The van der Waals surface area contributed by atoms with Crippen LogP contribution >= 0.6 is 0 Å². The molecule has 102 valence electrons. The molecule has 2 amide bonds. The summed E-state index contributed by atoms with van der Waals surface area (Å²) in [7, 11) is 0. The lowest BCUT2D eigenvalue weighted by Gasteiger charge is -2.39. The third-order valence-corrected chi connectivity index (χ3v) is 4.16. The van der Waals surface area contributed by atoms with Crippen molar-refractivity contribution >= 4 is 11.8 Å². The Bertz CT molecular complexity index is 509. The topological polar surface area (TPSA) is 37.4 Å². The number of benzene rings is 1. The molecule has 0 saturated heterocycles. The molecule has 1 unspecified atom stereocenters. The summed E-state index contributed by atoms with van der Waals surface area (Å²) in [4.78, 5) is 26.5. The lowest BCUT2D eigenvalue weighted by Crippen LogP contribution is -2.53. The van der Waals surface area contributed by atoms with Gasteiger partial charge in [-0.2, -0.15) is 0 Å². The molecule has 1 aliphatic rings. The minimum absolute atomic E-state index is 0.0489. The van der Waals surface area contributed by atoms with E-state index in [0.29, 0.717) is 18.5 Å². The van der Waals surface area contributed by atoms with Gasteiger partial charge in [0.25, 0.3) is 5.91 Å². The average Bonchev–Trinajstić information content (AvgIpc) is 2.45. The molecule has 0 aliphatic carbocycles. The number of carbonyl (C=O) groups excluding carboxylic acids is 2. The number of nitrogens with zero attached hydrogens (tertiary/aromatic N) is 1. The molecule has 1 aromatic rings. The smallest absolute Gasteiger partial charge is 0.260 e. The molecular formula is C16H21NO2. The van der Waals surface area contributed by atoms with Gasteiger partial charge in [0.2, 0.25) is 5.91 Å². The third-order valence-electron chi connectivity index (χ3n) is 4.16. The monoisotopic (exact) mass is 259 g/mol. The minimum atomic E-state index is -0.571. The Kier molecular flexibility index (Phi) is 3.74. The number of rotatable bonds is 4. The van der Waals surface area contributed by atoms with Gasteiger partial charge in [-0.3, -0.25) is 14.5 Å². The molecule has 3 heteroatoms. The predicted octanol–water partition coefficient (Wildman–Crippen LogP) is 3.14. The molecule has 0 bridgehead atoms. The first-order valence-corrected chi connectivity index (χ1v) is 7.02. The van der Waals surface area contributed by atoms with Gasteiger partial charge in [-0.15, -0.1) is 0 Å². The van der Waals surface area contributed by atoms with E-state index >= 15 is 0 Å². The van der Waals surface area contributed by atoms with E-state index in [1.54, 1.807) is 0 Å². The Morgan fingerprint density at radius 3 is 2.47 bits per heavy atom. The van der Waals surface area contributed by atoms with Gasteiger partial charge in [0.05, 0.1) is 5.41 Å². The van der Waals surface area contributed by atoms with Crippen molar-refractivity contribution in [3.8, 4) is 0 Å².